The average molecular weight is 342 g/mol. The number of aromatic nitrogens is 2. The predicted octanol–water partition coefficient (Wildman–Crippen LogP) is 2.78. The van der Waals surface area contributed by atoms with Crippen molar-refractivity contribution in [3.63, 3.8) is 0 Å². The van der Waals surface area contributed by atoms with E-state index in [1.54, 1.807) is 28.9 Å². The van der Waals surface area contributed by atoms with Gasteiger partial charge in [0.1, 0.15) is 0 Å². The highest BCUT2D eigenvalue weighted by Crippen LogP contribution is 2.18. The maximum Gasteiger partial charge on any atom is 0.254 e. The van der Waals surface area contributed by atoms with Crippen LogP contribution in [0.3, 0.4) is 0 Å². The number of anilines is 1. The van der Waals surface area contributed by atoms with Crippen molar-refractivity contribution in [3.05, 3.63) is 47.3 Å². The number of carbonyl (C=O) groups is 2. The van der Waals surface area contributed by atoms with Crippen LogP contribution in [0.5, 0.6) is 0 Å². The molecule has 1 aromatic heterocycles. The zero-order valence-electron chi connectivity index (χ0n) is 15.5. The summed E-state index contributed by atoms with van der Waals surface area (Å²) in [6.07, 6.45) is 4.66. The number of aryl methyl sites for hydroxylation is 3. The van der Waals surface area contributed by atoms with Gasteiger partial charge in [-0.25, -0.2) is 0 Å². The molecule has 0 unspecified atom stereocenters. The normalized spacial score (nSPS) is 10.8. The van der Waals surface area contributed by atoms with E-state index < -0.39 is 0 Å². The molecule has 0 radical (unpaired) electrons. The van der Waals surface area contributed by atoms with Crippen LogP contribution >= 0.6 is 0 Å². The van der Waals surface area contributed by atoms with Gasteiger partial charge in [0.15, 0.2) is 0 Å². The summed E-state index contributed by atoms with van der Waals surface area (Å²) in [7, 11) is 3.63. The first-order chi connectivity index (χ1) is 11.8. The first kappa shape index (κ1) is 18.7. The zero-order valence-corrected chi connectivity index (χ0v) is 15.5. The lowest BCUT2D eigenvalue weighted by molar-refractivity contribution is -0.116. The first-order valence-corrected chi connectivity index (χ1v) is 8.43. The van der Waals surface area contributed by atoms with Crippen molar-refractivity contribution in [2.45, 2.75) is 39.7 Å². The van der Waals surface area contributed by atoms with Crippen molar-refractivity contribution < 1.29 is 9.59 Å². The van der Waals surface area contributed by atoms with Crippen LogP contribution in [0.2, 0.25) is 0 Å². The van der Waals surface area contributed by atoms with Crippen molar-refractivity contribution in [2.24, 2.45) is 7.05 Å². The van der Waals surface area contributed by atoms with Crippen LogP contribution < -0.4 is 5.32 Å². The van der Waals surface area contributed by atoms with Crippen LogP contribution in [0.15, 0.2) is 30.6 Å². The molecule has 0 spiro atoms. The fourth-order valence-electron chi connectivity index (χ4n) is 2.44. The topological polar surface area (TPSA) is 67.2 Å². The SMILES string of the molecule is Cc1ccc(NC(=O)CCc2cnn(C)c2)cc1C(=O)N(C)C(C)C. The van der Waals surface area contributed by atoms with Gasteiger partial charge in [-0.05, 0) is 50.5 Å². The minimum atomic E-state index is -0.0803. The number of hydrogen-bond acceptors (Lipinski definition) is 3. The maximum absolute atomic E-state index is 12.6. The number of benzene rings is 1. The molecule has 1 N–H and O–H groups in total. The Morgan fingerprint density at radius 1 is 1.32 bits per heavy atom. The molecule has 2 amide bonds. The Hall–Kier alpha value is -2.63. The molecule has 0 aliphatic heterocycles. The third-order valence-corrected chi connectivity index (χ3v) is 4.25. The lowest BCUT2D eigenvalue weighted by Gasteiger charge is -2.22. The molecule has 1 heterocycles. The van der Waals surface area contributed by atoms with Gasteiger partial charge < -0.3 is 10.2 Å². The van der Waals surface area contributed by atoms with E-state index in [1.165, 1.54) is 0 Å². The molecular formula is C19H26N4O2. The fourth-order valence-corrected chi connectivity index (χ4v) is 2.44. The quantitative estimate of drug-likeness (QED) is 0.878. The number of rotatable bonds is 6. The van der Waals surface area contributed by atoms with Crippen LogP contribution in [-0.4, -0.2) is 39.6 Å². The van der Waals surface area contributed by atoms with Gasteiger partial charge in [0.2, 0.25) is 5.91 Å². The van der Waals surface area contributed by atoms with Crippen LogP contribution in [0.4, 0.5) is 5.69 Å². The van der Waals surface area contributed by atoms with Crippen LogP contribution in [-0.2, 0) is 18.3 Å². The molecule has 25 heavy (non-hydrogen) atoms. The molecule has 0 aliphatic carbocycles. The number of nitrogens with zero attached hydrogens (tertiary/aromatic N) is 3. The predicted molar refractivity (Wildman–Crippen MR) is 98.6 cm³/mol. The molecule has 134 valence electrons. The van der Waals surface area contributed by atoms with E-state index in [1.807, 2.05) is 46.1 Å². The Bertz CT molecular complexity index is 765. The van der Waals surface area contributed by atoms with E-state index in [0.717, 1.165) is 11.1 Å². The molecule has 1 aromatic carbocycles. The van der Waals surface area contributed by atoms with E-state index in [-0.39, 0.29) is 17.9 Å². The fraction of sp³-hybridized carbons (Fsp3) is 0.421. The van der Waals surface area contributed by atoms with Crippen molar-refractivity contribution in [1.29, 1.82) is 0 Å². The molecule has 2 aromatic rings. The Morgan fingerprint density at radius 3 is 2.64 bits per heavy atom. The minimum Gasteiger partial charge on any atom is -0.339 e. The Labute approximate surface area is 148 Å². The molecule has 0 saturated carbocycles. The number of nitrogens with one attached hydrogen (secondary N) is 1. The third-order valence-electron chi connectivity index (χ3n) is 4.25. The molecule has 0 saturated heterocycles. The Morgan fingerprint density at radius 2 is 2.04 bits per heavy atom. The van der Waals surface area contributed by atoms with Gasteiger partial charge in [-0.1, -0.05) is 6.07 Å². The van der Waals surface area contributed by atoms with Gasteiger partial charge in [-0.15, -0.1) is 0 Å². The van der Waals surface area contributed by atoms with Crippen LogP contribution in [0.1, 0.15) is 41.8 Å². The molecule has 0 aliphatic rings. The molecule has 0 fully saturated rings. The molecular weight excluding hydrogens is 316 g/mol. The van der Waals surface area contributed by atoms with Crippen molar-refractivity contribution >= 4 is 17.5 Å². The standard InChI is InChI=1S/C19H26N4O2/c1-13(2)23(5)19(25)17-10-16(8-6-14(17)3)21-18(24)9-7-15-11-20-22(4)12-15/h6,8,10-13H,7,9H2,1-5H3,(H,21,24). The van der Waals surface area contributed by atoms with E-state index in [4.69, 9.17) is 0 Å². The van der Waals surface area contributed by atoms with Crippen molar-refractivity contribution in [1.82, 2.24) is 14.7 Å². The van der Waals surface area contributed by atoms with E-state index in [0.29, 0.717) is 24.1 Å². The number of hydrogen-bond donors (Lipinski definition) is 1. The molecule has 0 atom stereocenters. The summed E-state index contributed by atoms with van der Waals surface area (Å²) < 4.78 is 1.72. The molecule has 0 bridgehead atoms. The van der Waals surface area contributed by atoms with Crippen LogP contribution in [0.25, 0.3) is 0 Å². The lowest BCUT2D eigenvalue weighted by atomic mass is 10.1. The lowest BCUT2D eigenvalue weighted by Crippen LogP contribution is -2.33. The summed E-state index contributed by atoms with van der Waals surface area (Å²) >= 11 is 0. The summed E-state index contributed by atoms with van der Waals surface area (Å²) in [6, 6.07) is 5.55. The molecule has 2 rings (SSSR count). The second-order valence-corrected chi connectivity index (χ2v) is 6.61. The van der Waals surface area contributed by atoms with Gasteiger partial charge >= 0.3 is 0 Å². The summed E-state index contributed by atoms with van der Waals surface area (Å²) in [5, 5.41) is 6.97. The van der Waals surface area contributed by atoms with E-state index in [2.05, 4.69) is 10.4 Å². The van der Waals surface area contributed by atoms with E-state index in [9.17, 15) is 9.59 Å². The third kappa shape index (κ3) is 4.92. The van der Waals surface area contributed by atoms with Gasteiger partial charge in [-0.2, -0.15) is 5.10 Å². The van der Waals surface area contributed by atoms with Gasteiger partial charge in [0.05, 0.1) is 6.20 Å². The molecule has 6 nitrogen and oxygen atoms in total. The highest BCUT2D eigenvalue weighted by molar-refractivity contribution is 5.98. The number of amides is 2. The average Bonchev–Trinajstić information content (AvgIpc) is 2.98. The second kappa shape index (κ2) is 7.96. The van der Waals surface area contributed by atoms with Crippen LogP contribution in [0, 0.1) is 6.92 Å². The minimum absolute atomic E-state index is 0.0426. The molecule has 6 heteroatoms. The zero-order chi connectivity index (χ0) is 18.6. The summed E-state index contributed by atoms with van der Waals surface area (Å²) in [5.74, 6) is -0.123. The summed E-state index contributed by atoms with van der Waals surface area (Å²) in [4.78, 5) is 26.4. The van der Waals surface area contributed by atoms with Gasteiger partial charge in [0.25, 0.3) is 5.91 Å². The maximum atomic E-state index is 12.6. The summed E-state index contributed by atoms with van der Waals surface area (Å²) in [6.45, 7) is 5.84. The van der Waals surface area contributed by atoms with Crippen molar-refractivity contribution in [2.75, 3.05) is 12.4 Å². The number of carbonyl (C=O) groups excluding carboxylic acids is 2. The van der Waals surface area contributed by atoms with Gasteiger partial charge in [0, 0.05) is 44.0 Å². The monoisotopic (exact) mass is 342 g/mol. The first-order valence-electron chi connectivity index (χ1n) is 8.43. The van der Waals surface area contributed by atoms with E-state index >= 15 is 0 Å². The summed E-state index contributed by atoms with van der Waals surface area (Å²) in [5.41, 5.74) is 3.17. The highest BCUT2D eigenvalue weighted by Gasteiger charge is 2.17. The smallest absolute Gasteiger partial charge is 0.254 e. The van der Waals surface area contributed by atoms with Crippen molar-refractivity contribution in [3.8, 4) is 0 Å². The Balaban J connectivity index is 2.03. The highest BCUT2D eigenvalue weighted by atomic mass is 16.2. The van der Waals surface area contributed by atoms with Gasteiger partial charge in [-0.3, -0.25) is 14.3 Å². The Kier molecular flexibility index (Phi) is 5.96. The largest absolute Gasteiger partial charge is 0.339 e. The second-order valence-electron chi connectivity index (χ2n) is 6.61.